The standard InChI is InChI=1S/C20H21BrN2O2S/c1-23(11-14-7-4-5-9-17(14)21)12-15-13-26-20(22-15)16-8-6-10-18(24-2)19(16)25-3/h4-10,13H,11-12H2,1-3H3. The van der Waals surface area contributed by atoms with Crippen molar-refractivity contribution in [2.45, 2.75) is 13.1 Å². The maximum absolute atomic E-state index is 5.53. The molecule has 6 heteroatoms. The molecule has 26 heavy (non-hydrogen) atoms. The van der Waals surface area contributed by atoms with E-state index < -0.39 is 0 Å². The molecule has 4 nitrogen and oxygen atoms in total. The van der Waals surface area contributed by atoms with Crippen LogP contribution in [0.4, 0.5) is 0 Å². The van der Waals surface area contributed by atoms with Crippen LogP contribution in [0.2, 0.25) is 0 Å². The van der Waals surface area contributed by atoms with Crippen LogP contribution in [0.25, 0.3) is 10.6 Å². The lowest BCUT2D eigenvalue weighted by atomic mass is 10.2. The van der Waals surface area contributed by atoms with E-state index in [9.17, 15) is 0 Å². The van der Waals surface area contributed by atoms with Crippen molar-refractivity contribution < 1.29 is 9.47 Å². The van der Waals surface area contributed by atoms with Gasteiger partial charge in [-0.05, 0) is 30.8 Å². The monoisotopic (exact) mass is 432 g/mol. The molecule has 0 saturated heterocycles. The van der Waals surface area contributed by atoms with E-state index in [0.717, 1.165) is 39.6 Å². The summed E-state index contributed by atoms with van der Waals surface area (Å²) >= 11 is 5.23. The normalized spacial score (nSPS) is 11.0. The van der Waals surface area contributed by atoms with Crippen LogP contribution < -0.4 is 9.47 Å². The average Bonchev–Trinajstić information content (AvgIpc) is 3.11. The zero-order chi connectivity index (χ0) is 18.5. The maximum atomic E-state index is 5.53. The highest BCUT2D eigenvalue weighted by Gasteiger charge is 2.15. The number of ether oxygens (including phenoxy) is 2. The Morgan fingerprint density at radius 1 is 1.04 bits per heavy atom. The first-order valence-corrected chi connectivity index (χ1v) is 9.87. The second kappa shape index (κ2) is 8.66. The number of thiazole rings is 1. The van der Waals surface area contributed by atoms with Gasteiger partial charge in [0.15, 0.2) is 11.5 Å². The number of aromatic nitrogens is 1. The largest absolute Gasteiger partial charge is 0.493 e. The van der Waals surface area contributed by atoms with Crippen molar-refractivity contribution in [3.63, 3.8) is 0 Å². The molecule has 3 rings (SSSR count). The minimum atomic E-state index is 0.716. The molecule has 136 valence electrons. The minimum Gasteiger partial charge on any atom is -0.493 e. The predicted molar refractivity (Wildman–Crippen MR) is 110 cm³/mol. The summed E-state index contributed by atoms with van der Waals surface area (Å²) in [5.74, 6) is 1.44. The fourth-order valence-corrected chi connectivity index (χ4v) is 4.05. The maximum Gasteiger partial charge on any atom is 0.170 e. The first-order chi connectivity index (χ1) is 12.6. The smallest absolute Gasteiger partial charge is 0.170 e. The van der Waals surface area contributed by atoms with Crippen molar-refractivity contribution in [2.24, 2.45) is 0 Å². The van der Waals surface area contributed by atoms with Gasteiger partial charge in [-0.2, -0.15) is 0 Å². The Kier molecular flexibility index (Phi) is 6.29. The van der Waals surface area contributed by atoms with Crippen molar-refractivity contribution >= 4 is 27.3 Å². The molecule has 0 N–H and O–H groups in total. The Morgan fingerprint density at radius 3 is 2.58 bits per heavy atom. The molecular formula is C20H21BrN2O2S. The van der Waals surface area contributed by atoms with E-state index in [1.54, 1.807) is 25.6 Å². The van der Waals surface area contributed by atoms with E-state index >= 15 is 0 Å². The van der Waals surface area contributed by atoms with Crippen molar-refractivity contribution in [1.29, 1.82) is 0 Å². The second-order valence-corrected chi connectivity index (χ2v) is 7.66. The number of para-hydroxylation sites is 1. The number of methoxy groups -OCH3 is 2. The Hall–Kier alpha value is -1.89. The molecule has 0 aliphatic carbocycles. The number of hydrogen-bond acceptors (Lipinski definition) is 5. The quantitative estimate of drug-likeness (QED) is 0.512. The zero-order valence-corrected chi connectivity index (χ0v) is 17.4. The van der Waals surface area contributed by atoms with E-state index in [0.29, 0.717) is 5.75 Å². The summed E-state index contributed by atoms with van der Waals surface area (Å²) in [4.78, 5) is 7.05. The Labute approximate surface area is 166 Å². The van der Waals surface area contributed by atoms with Crippen LogP contribution in [0.5, 0.6) is 11.5 Å². The third kappa shape index (κ3) is 4.26. The molecule has 0 fully saturated rings. The van der Waals surface area contributed by atoms with Gasteiger partial charge in [0, 0.05) is 22.9 Å². The van der Waals surface area contributed by atoms with Gasteiger partial charge in [0.1, 0.15) is 5.01 Å². The highest BCUT2D eigenvalue weighted by atomic mass is 79.9. The van der Waals surface area contributed by atoms with Crippen LogP contribution in [0.15, 0.2) is 52.3 Å². The molecule has 0 saturated carbocycles. The SMILES string of the molecule is COc1cccc(-c2nc(CN(C)Cc3ccccc3Br)cs2)c1OC. The first kappa shape index (κ1) is 18.9. The lowest BCUT2D eigenvalue weighted by Gasteiger charge is -2.16. The van der Waals surface area contributed by atoms with E-state index in [4.69, 9.17) is 14.5 Å². The van der Waals surface area contributed by atoms with Crippen molar-refractivity contribution in [3.05, 3.63) is 63.6 Å². The van der Waals surface area contributed by atoms with E-state index in [-0.39, 0.29) is 0 Å². The van der Waals surface area contributed by atoms with Crippen LogP contribution >= 0.6 is 27.3 Å². The Balaban J connectivity index is 1.75. The summed E-state index contributed by atoms with van der Waals surface area (Å²) in [6, 6.07) is 14.1. The fourth-order valence-electron chi connectivity index (χ4n) is 2.81. The molecule has 0 bridgehead atoms. The molecule has 3 aromatic rings. The minimum absolute atomic E-state index is 0.716. The lowest BCUT2D eigenvalue weighted by Crippen LogP contribution is -2.17. The van der Waals surface area contributed by atoms with E-state index in [2.05, 4.69) is 51.5 Å². The van der Waals surface area contributed by atoms with Crippen molar-refractivity contribution in [2.75, 3.05) is 21.3 Å². The zero-order valence-electron chi connectivity index (χ0n) is 15.0. The van der Waals surface area contributed by atoms with Gasteiger partial charge in [-0.25, -0.2) is 4.98 Å². The topological polar surface area (TPSA) is 34.6 Å². The molecule has 0 aliphatic rings. The number of hydrogen-bond donors (Lipinski definition) is 0. The summed E-state index contributed by atoms with van der Waals surface area (Å²) in [5, 5.41) is 3.04. The fraction of sp³-hybridized carbons (Fsp3) is 0.250. The van der Waals surface area contributed by atoms with Gasteiger partial charge in [0.05, 0.1) is 25.5 Å². The third-order valence-corrected chi connectivity index (χ3v) is 5.71. The molecule has 1 aromatic heterocycles. The molecule has 1 heterocycles. The van der Waals surface area contributed by atoms with Gasteiger partial charge in [0.2, 0.25) is 0 Å². The summed E-state index contributed by atoms with van der Waals surface area (Å²) in [6.45, 7) is 1.64. The van der Waals surface area contributed by atoms with Crippen LogP contribution in [0.1, 0.15) is 11.3 Å². The van der Waals surface area contributed by atoms with Gasteiger partial charge >= 0.3 is 0 Å². The van der Waals surface area contributed by atoms with Gasteiger partial charge in [-0.15, -0.1) is 11.3 Å². The molecule has 0 unspecified atom stereocenters. The highest BCUT2D eigenvalue weighted by molar-refractivity contribution is 9.10. The predicted octanol–water partition coefficient (Wildman–Crippen LogP) is 5.22. The van der Waals surface area contributed by atoms with Crippen LogP contribution in [0.3, 0.4) is 0 Å². The summed E-state index contributed by atoms with van der Waals surface area (Å²) in [6.07, 6.45) is 0. The summed E-state index contributed by atoms with van der Waals surface area (Å²) in [7, 11) is 5.40. The Bertz CT molecular complexity index is 882. The van der Waals surface area contributed by atoms with E-state index in [1.165, 1.54) is 5.56 Å². The van der Waals surface area contributed by atoms with Gasteiger partial charge in [-0.3, -0.25) is 4.90 Å². The molecule has 0 atom stereocenters. The molecule has 0 amide bonds. The average molecular weight is 433 g/mol. The van der Waals surface area contributed by atoms with Gasteiger partial charge < -0.3 is 9.47 Å². The molecule has 2 aromatic carbocycles. The number of rotatable bonds is 7. The van der Waals surface area contributed by atoms with Crippen molar-refractivity contribution in [3.8, 4) is 22.1 Å². The van der Waals surface area contributed by atoms with Crippen LogP contribution in [-0.4, -0.2) is 31.2 Å². The molecule has 0 radical (unpaired) electrons. The Morgan fingerprint density at radius 2 is 1.85 bits per heavy atom. The van der Waals surface area contributed by atoms with Gasteiger partial charge in [0.25, 0.3) is 0 Å². The third-order valence-electron chi connectivity index (χ3n) is 4.02. The van der Waals surface area contributed by atoms with Crippen LogP contribution in [-0.2, 0) is 13.1 Å². The first-order valence-electron chi connectivity index (χ1n) is 8.20. The molecular weight excluding hydrogens is 412 g/mol. The number of nitrogens with zero attached hydrogens (tertiary/aromatic N) is 2. The second-order valence-electron chi connectivity index (χ2n) is 5.95. The van der Waals surface area contributed by atoms with Crippen molar-refractivity contribution in [1.82, 2.24) is 9.88 Å². The van der Waals surface area contributed by atoms with Gasteiger partial charge in [-0.1, -0.05) is 40.2 Å². The van der Waals surface area contributed by atoms with Crippen LogP contribution in [0, 0.1) is 0 Å². The summed E-state index contributed by atoms with van der Waals surface area (Å²) < 4.78 is 12.0. The molecule has 0 spiro atoms. The number of benzene rings is 2. The number of halogens is 1. The summed E-state index contributed by atoms with van der Waals surface area (Å²) in [5.41, 5.74) is 3.26. The highest BCUT2D eigenvalue weighted by Crippen LogP contribution is 2.39. The molecule has 0 aliphatic heterocycles. The lowest BCUT2D eigenvalue weighted by molar-refractivity contribution is 0.315. The van der Waals surface area contributed by atoms with E-state index in [1.807, 2.05) is 24.3 Å².